The second-order valence-electron chi connectivity index (χ2n) is 4.96. The molecule has 2 N–H and O–H groups in total. The van der Waals surface area contributed by atoms with E-state index in [1.165, 1.54) is 0 Å². The summed E-state index contributed by atoms with van der Waals surface area (Å²) < 4.78 is 25.9. The maximum absolute atomic E-state index is 12.9. The Morgan fingerprint density at radius 2 is 1.88 bits per heavy atom. The fourth-order valence-electron chi connectivity index (χ4n) is 2.53. The average Bonchev–Trinajstić information content (AvgIpc) is 2.64. The largest absolute Gasteiger partial charge is 0.341 e. The number of alkyl halides is 2. The first kappa shape index (κ1) is 11.8. The monoisotopic (exact) mass is 232 g/mol. The minimum atomic E-state index is -2.56. The lowest BCUT2D eigenvalue weighted by atomic mass is 9.86. The van der Waals surface area contributed by atoms with E-state index in [2.05, 4.69) is 0 Å². The van der Waals surface area contributed by atoms with Crippen molar-refractivity contribution >= 4 is 5.91 Å². The zero-order valence-corrected chi connectivity index (χ0v) is 9.29. The molecule has 1 aliphatic carbocycles. The SMILES string of the molecule is NC1CCN(C(=O)C2CCC(F)(F)CC2)C1. The van der Waals surface area contributed by atoms with Crippen LogP contribution in [-0.4, -0.2) is 35.9 Å². The van der Waals surface area contributed by atoms with Gasteiger partial charge in [0.1, 0.15) is 0 Å². The van der Waals surface area contributed by atoms with Crippen LogP contribution in [0.4, 0.5) is 8.78 Å². The predicted molar refractivity (Wildman–Crippen MR) is 56.1 cm³/mol. The van der Waals surface area contributed by atoms with Crippen LogP contribution in [0.5, 0.6) is 0 Å². The molecule has 1 heterocycles. The Kier molecular flexibility index (Phi) is 3.15. The third kappa shape index (κ3) is 2.51. The van der Waals surface area contributed by atoms with Crippen LogP contribution in [0.3, 0.4) is 0 Å². The average molecular weight is 232 g/mol. The molecule has 3 nitrogen and oxygen atoms in total. The molecule has 0 aromatic rings. The molecule has 0 bridgehead atoms. The van der Waals surface area contributed by atoms with Gasteiger partial charge >= 0.3 is 0 Å². The van der Waals surface area contributed by atoms with Crippen LogP contribution < -0.4 is 5.73 Å². The van der Waals surface area contributed by atoms with Gasteiger partial charge in [-0.1, -0.05) is 0 Å². The van der Waals surface area contributed by atoms with Crippen LogP contribution in [0.25, 0.3) is 0 Å². The molecule has 2 aliphatic rings. The molecule has 5 heteroatoms. The summed E-state index contributed by atoms with van der Waals surface area (Å²) in [5.41, 5.74) is 5.72. The molecular formula is C11H18F2N2O. The Labute approximate surface area is 94.0 Å². The standard InChI is InChI=1S/C11H18F2N2O/c12-11(13)4-1-8(2-5-11)10(16)15-6-3-9(14)7-15/h8-9H,1-7,14H2. The Bertz CT molecular complexity index is 273. The van der Waals surface area contributed by atoms with Gasteiger partial charge in [0, 0.05) is 37.9 Å². The van der Waals surface area contributed by atoms with E-state index in [4.69, 9.17) is 5.73 Å². The molecule has 0 radical (unpaired) electrons. The van der Waals surface area contributed by atoms with E-state index in [0.29, 0.717) is 25.9 Å². The molecule has 0 aromatic carbocycles. The molecule has 1 amide bonds. The number of carbonyl (C=O) groups excluding carboxylic acids is 1. The van der Waals surface area contributed by atoms with Crippen molar-refractivity contribution in [2.45, 2.75) is 44.1 Å². The third-order valence-corrected chi connectivity index (χ3v) is 3.60. The molecule has 2 rings (SSSR count). The van der Waals surface area contributed by atoms with Crippen LogP contribution in [0, 0.1) is 5.92 Å². The topological polar surface area (TPSA) is 46.3 Å². The number of nitrogens with two attached hydrogens (primary N) is 1. The fourth-order valence-corrected chi connectivity index (χ4v) is 2.53. The van der Waals surface area contributed by atoms with Crippen molar-refractivity contribution in [2.24, 2.45) is 11.7 Å². The van der Waals surface area contributed by atoms with Gasteiger partial charge in [0.2, 0.25) is 11.8 Å². The number of hydrogen-bond donors (Lipinski definition) is 1. The number of hydrogen-bond acceptors (Lipinski definition) is 2. The lowest BCUT2D eigenvalue weighted by molar-refractivity contribution is -0.138. The normalized spacial score (nSPS) is 30.7. The maximum Gasteiger partial charge on any atom is 0.248 e. The minimum absolute atomic E-state index is 0.0310. The molecular weight excluding hydrogens is 214 g/mol. The second-order valence-corrected chi connectivity index (χ2v) is 4.96. The molecule has 2 fully saturated rings. The molecule has 16 heavy (non-hydrogen) atoms. The predicted octanol–water partition coefficient (Wildman–Crippen LogP) is 1.37. The molecule has 1 aliphatic heterocycles. The summed E-state index contributed by atoms with van der Waals surface area (Å²) in [5.74, 6) is -2.73. The van der Waals surface area contributed by atoms with Gasteiger partial charge in [0.05, 0.1) is 0 Å². The fraction of sp³-hybridized carbons (Fsp3) is 0.909. The van der Waals surface area contributed by atoms with E-state index < -0.39 is 5.92 Å². The lowest BCUT2D eigenvalue weighted by Crippen LogP contribution is -2.39. The Balaban J connectivity index is 1.87. The zero-order chi connectivity index (χ0) is 11.8. The Morgan fingerprint density at radius 1 is 1.25 bits per heavy atom. The highest BCUT2D eigenvalue weighted by Gasteiger charge is 2.39. The number of nitrogens with zero attached hydrogens (tertiary/aromatic N) is 1. The lowest BCUT2D eigenvalue weighted by Gasteiger charge is -2.30. The van der Waals surface area contributed by atoms with Crippen molar-refractivity contribution in [3.63, 3.8) is 0 Å². The van der Waals surface area contributed by atoms with Crippen molar-refractivity contribution in [1.82, 2.24) is 4.90 Å². The highest BCUT2D eigenvalue weighted by Crippen LogP contribution is 2.37. The van der Waals surface area contributed by atoms with Gasteiger partial charge in [0.15, 0.2) is 0 Å². The second kappa shape index (κ2) is 4.28. The van der Waals surface area contributed by atoms with Crippen LogP contribution in [0.2, 0.25) is 0 Å². The van der Waals surface area contributed by atoms with E-state index in [-0.39, 0.29) is 30.7 Å². The summed E-state index contributed by atoms with van der Waals surface area (Å²) in [5, 5.41) is 0. The highest BCUT2D eigenvalue weighted by molar-refractivity contribution is 5.79. The van der Waals surface area contributed by atoms with Gasteiger partial charge in [-0.15, -0.1) is 0 Å². The van der Waals surface area contributed by atoms with Crippen molar-refractivity contribution in [2.75, 3.05) is 13.1 Å². The van der Waals surface area contributed by atoms with E-state index in [1.54, 1.807) is 4.90 Å². The van der Waals surface area contributed by atoms with Crippen molar-refractivity contribution < 1.29 is 13.6 Å². The number of amides is 1. The highest BCUT2D eigenvalue weighted by atomic mass is 19.3. The van der Waals surface area contributed by atoms with Crippen molar-refractivity contribution in [3.8, 4) is 0 Å². The minimum Gasteiger partial charge on any atom is -0.341 e. The van der Waals surface area contributed by atoms with Gasteiger partial charge in [0.25, 0.3) is 0 Å². The zero-order valence-electron chi connectivity index (χ0n) is 9.29. The number of likely N-dealkylation sites (tertiary alicyclic amines) is 1. The van der Waals surface area contributed by atoms with E-state index >= 15 is 0 Å². The summed E-state index contributed by atoms with van der Waals surface area (Å²) >= 11 is 0. The molecule has 0 aromatic heterocycles. The molecule has 0 spiro atoms. The number of rotatable bonds is 1. The van der Waals surface area contributed by atoms with Gasteiger partial charge in [-0.3, -0.25) is 4.79 Å². The summed E-state index contributed by atoms with van der Waals surface area (Å²) in [6, 6.07) is 0.0639. The first-order valence-electron chi connectivity index (χ1n) is 5.90. The maximum atomic E-state index is 12.9. The van der Waals surface area contributed by atoms with Crippen molar-refractivity contribution in [3.05, 3.63) is 0 Å². The first-order chi connectivity index (χ1) is 7.48. The molecule has 1 atom stereocenters. The van der Waals surface area contributed by atoms with E-state index in [0.717, 1.165) is 6.42 Å². The van der Waals surface area contributed by atoms with E-state index in [9.17, 15) is 13.6 Å². The smallest absolute Gasteiger partial charge is 0.248 e. The summed E-state index contributed by atoms with van der Waals surface area (Å²) in [4.78, 5) is 13.7. The first-order valence-corrected chi connectivity index (χ1v) is 5.90. The Hall–Kier alpha value is -0.710. The van der Waals surface area contributed by atoms with Gasteiger partial charge in [-0.25, -0.2) is 8.78 Å². The summed E-state index contributed by atoms with van der Waals surface area (Å²) in [7, 11) is 0. The quantitative estimate of drug-likeness (QED) is 0.742. The van der Waals surface area contributed by atoms with Crippen molar-refractivity contribution in [1.29, 1.82) is 0 Å². The van der Waals surface area contributed by atoms with Crippen LogP contribution in [0.1, 0.15) is 32.1 Å². The van der Waals surface area contributed by atoms with Gasteiger partial charge in [-0.2, -0.15) is 0 Å². The number of carbonyl (C=O) groups is 1. The van der Waals surface area contributed by atoms with E-state index in [1.807, 2.05) is 0 Å². The van der Waals surface area contributed by atoms with Crippen LogP contribution in [-0.2, 0) is 4.79 Å². The third-order valence-electron chi connectivity index (χ3n) is 3.60. The molecule has 1 unspecified atom stereocenters. The summed E-state index contributed by atoms with van der Waals surface area (Å²) in [6.45, 7) is 1.28. The molecule has 92 valence electrons. The number of halogens is 2. The van der Waals surface area contributed by atoms with Gasteiger partial charge < -0.3 is 10.6 Å². The summed E-state index contributed by atoms with van der Waals surface area (Å²) in [6.07, 6.45) is 1.16. The van der Waals surface area contributed by atoms with Crippen LogP contribution in [0.15, 0.2) is 0 Å². The van der Waals surface area contributed by atoms with Gasteiger partial charge in [-0.05, 0) is 19.3 Å². The van der Waals surface area contributed by atoms with Crippen LogP contribution >= 0.6 is 0 Å². The molecule has 1 saturated heterocycles. The molecule has 1 saturated carbocycles. The Morgan fingerprint density at radius 3 is 2.38 bits per heavy atom.